The number of hydrogen-bond donors (Lipinski definition) is 1. The Morgan fingerprint density at radius 3 is 2.88 bits per heavy atom. The minimum Gasteiger partial charge on any atom is -0.484 e. The number of furan rings is 2. The number of rotatable bonds is 6. The average molecular weight is 389 g/mol. The first-order valence-electron chi connectivity index (χ1n) is 7.05. The van der Waals surface area contributed by atoms with Gasteiger partial charge < -0.3 is 13.6 Å². The van der Waals surface area contributed by atoms with Gasteiger partial charge in [0.1, 0.15) is 23.9 Å². The summed E-state index contributed by atoms with van der Waals surface area (Å²) in [6, 6.07) is 14.2. The number of amides is 1. The lowest BCUT2D eigenvalue weighted by Crippen LogP contribution is -2.16. The van der Waals surface area contributed by atoms with Crippen LogP contribution in [-0.4, -0.2) is 12.1 Å². The zero-order chi connectivity index (χ0) is 16.8. The van der Waals surface area contributed by atoms with Crippen molar-refractivity contribution in [3.63, 3.8) is 0 Å². The Hall–Kier alpha value is -2.80. The van der Waals surface area contributed by atoms with Gasteiger partial charge in [0.05, 0.1) is 17.0 Å². The molecule has 3 aromatic rings. The van der Waals surface area contributed by atoms with Crippen LogP contribution in [0.3, 0.4) is 0 Å². The number of halogens is 1. The molecule has 0 aliphatic carbocycles. The highest BCUT2D eigenvalue weighted by Crippen LogP contribution is 2.24. The van der Waals surface area contributed by atoms with Gasteiger partial charge in [-0.3, -0.25) is 4.79 Å². The molecule has 0 fully saturated rings. The van der Waals surface area contributed by atoms with Crippen LogP contribution in [0.1, 0.15) is 22.1 Å². The Bertz CT molecular complexity index is 840. The molecule has 122 valence electrons. The molecule has 0 unspecified atom stereocenters. The lowest BCUT2D eigenvalue weighted by atomic mass is 10.3. The van der Waals surface area contributed by atoms with Crippen LogP contribution in [-0.2, 0) is 6.61 Å². The van der Waals surface area contributed by atoms with E-state index >= 15 is 0 Å². The van der Waals surface area contributed by atoms with Crippen LogP contribution in [0, 0.1) is 0 Å². The van der Waals surface area contributed by atoms with Crippen molar-refractivity contribution in [2.24, 2.45) is 5.10 Å². The lowest BCUT2D eigenvalue weighted by molar-refractivity contribution is 0.0923. The fourth-order valence-corrected chi connectivity index (χ4v) is 2.26. The van der Waals surface area contributed by atoms with Gasteiger partial charge in [-0.05, 0) is 52.3 Å². The number of carbonyl (C=O) groups excluding carboxylic acids is 1. The summed E-state index contributed by atoms with van der Waals surface area (Å²) in [6.07, 6.45) is 2.92. The SMILES string of the molecule is O=C(NN=Cc1ccco1)c1ccc(COc2ccccc2Br)o1. The highest BCUT2D eigenvalue weighted by atomic mass is 79.9. The summed E-state index contributed by atoms with van der Waals surface area (Å²) >= 11 is 3.40. The Balaban J connectivity index is 1.55. The fourth-order valence-electron chi connectivity index (χ4n) is 1.86. The Morgan fingerprint density at radius 1 is 1.21 bits per heavy atom. The maximum absolute atomic E-state index is 11.9. The van der Waals surface area contributed by atoms with E-state index in [0.717, 1.165) is 4.47 Å². The van der Waals surface area contributed by atoms with Gasteiger partial charge in [0.25, 0.3) is 0 Å². The van der Waals surface area contributed by atoms with Crippen molar-refractivity contribution in [1.29, 1.82) is 0 Å². The first-order valence-corrected chi connectivity index (χ1v) is 7.84. The number of para-hydroxylation sites is 1. The highest BCUT2D eigenvalue weighted by Gasteiger charge is 2.11. The molecule has 6 nitrogen and oxygen atoms in total. The van der Waals surface area contributed by atoms with Gasteiger partial charge >= 0.3 is 5.91 Å². The number of carbonyl (C=O) groups is 1. The third kappa shape index (κ3) is 4.14. The second kappa shape index (κ2) is 7.65. The maximum atomic E-state index is 11.9. The van der Waals surface area contributed by atoms with Gasteiger partial charge in [0.15, 0.2) is 5.76 Å². The molecular formula is C17H13BrN2O4. The predicted molar refractivity (Wildman–Crippen MR) is 91.0 cm³/mol. The topological polar surface area (TPSA) is 77.0 Å². The quantitative estimate of drug-likeness (QED) is 0.511. The van der Waals surface area contributed by atoms with E-state index in [2.05, 4.69) is 26.5 Å². The summed E-state index contributed by atoms with van der Waals surface area (Å²) in [5.41, 5.74) is 2.36. The largest absolute Gasteiger partial charge is 0.484 e. The zero-order valence-electron chi connectivity index (χ0n) is 12.4. The number of benzene rings is 1. The maximum Gasteiger partial charge on any atom is 0.307 e. The molecule has 0 spiro atoms. The summed E-state index contributed by atoms with van der Waals surface area (Å²) in [5.74, 6) is 1.47. The Kier molecular flexibility index (Phi) is 5.12. The van der Waals surface area contributed by atoms with Crippen LogP contribution in [0.25, 0.3) is 0 Å². The minimum atomic E-state index is -0.454. The van der Waals surface area contributed by atoms with Gasteiger partial charge in [-0.1, -0.05) is 12.1 Å². The van der Waals surface area contributed by atoms with Gasteiger partial charge in [0.2, 0.25) is 0 Å². The molecule has 2 heterocycles. The second-order valence-electron chi connectivity index (χ2n) is 4.70. The molecule has 0 aliphatic rings. The molecule has 0 atom stereocenters. The van der Waals surface area contributed by atoms with E-state index in [9.17, 15) is 4.79 Å². The van der Waals surface area contributed by atoms with Crippen LogP contribution in [0.4, 0.5) is 0 Å². The monoisotopic (exact) mass is 388 g/mol. The number of hydrogen-bond acceptors (Lipinski definition) is 5. The smallest absolute Gasteiger partial charge is 0.307 e. The van der Waals surface area contributed by atoms with E-state index in [0.29, 0.717) is 17.3 Å². The van der Waals surface area contributed by atoms with E-state index in [1.807, 2.05) is 24.3 Å². The Labute approximate surface area is 146 Å². The van der Waals surface area contributed by atoms with Crippen molar-refractivity contribution in [3.05, 3.63) is 76.5 Å². The van der Waals surface area contributed by atoms with Gasteiger partial charge in [-0.15, -0.1) is 0 Å². The summed E-state index contributed by atoms with van der Waals surface area (Å²) in [5, 5.41) is 3.79. The molecule has 0 saturated carbocycles. The predicted octanol–water partition coefficient (Wildman–Crippen LogP) is 3.98. The van der Waals surface area contributed by atoms with E-state index in [1.165, 1.54) is 12.5 Å². The van der Waals surface area contributed by atoms with E-state index in [-0.39, 0.29) is 12.4 Å². The van der Waals surface area contributed by atoms with Crippen molar-refractivity contribution in [2.45, 2.75) is 6.61 Å². The van der Waals surface area contributed by atoms with Crippen LogP contribution >= 0.6 is 15.9 Å². The van der Waals surface area contributed by atoms with Gasteiger partial charge in [-0.2, -0.15) is 5.10 Å². The van der Waals surface area contributed by atoms with Crippen LogP contribution in [0.15, 0.2) is 73.2 Å². The van der Waals surface area contributed by atoms with Gasteiger partial charge in [0, 0.05) is 0 Å². The lowest BCUT2D eigenvalue weighted by Gasteiger charge is -2.05. The molecule has 0 radical (unpaired) electrons. The number of ether oxygens (including phenoxy) is 1. The zero-order valence-corrected chi connectivity index (χ0v) is 14.0. The standard InChI is InChI=1S/C17H13BrN2O4/c18-14-5-1-2-6-15(14)23-11-13-7-8-16(24-13)17(21)20-19-10-12-4-3-9-22-12/h1-10H,11H2,(H,20,21). The van der Waals surface area contributed by atoms with Crippen molar-refractivity contribution in [2.75, 3.05) is 0 Å². The van der Waals surface area contributed by atoms with E-state index in [4.69, 9.17) is 13.6 Å². The molecule has 1 aromatic carbocycles. The highest BCUT2D eigenvalue weighted by molar-refractivity contribution is 9.10. The van der Waals surface area contributed by atoms with Crippen LogP contribution in [0.2, 0.25) is 0 Å². The van der Waals surface area contributed by atoms with Crippen molar-refractivity contribution in [1.82, 2.24) is 5.43 Å². The molecular weight excluding hydrogens is 376 g/mol. The minimum absolute atomic E-state index is 0.150. The van der Waals surface area contributed by atoms with E-state index < -0.39 is 5.91 Å². The normalized spacial score (nSPS) is 10.9. The Morgan fingerprint density at radius 2 is 2.08 bits per heavy atom. The molecule has 0 bridgehead atoms. The van der Waals surface area contributed by atoms with Crippen molar-refractivity contribution >= 4 is 28.1 Å². The first kappa shape index (κ1) is 16.1. The summed E-state index contributed by atoms with van der Waals surface area (Å²) in [7, 11) is 0. The number of nitrogens with one attached hydrogen (secondary N) is 1. The van der Waals surface area contributed by atoms with Crippen LogP contribution in [0.5, 0.6) is 5.75 Å². The van der Waals surface area contributed by atoms with Crippen molar-refractivity contribution < 1.29 is 18.4 Å². The molecule has 24 heavy (non-hydrogen) atoms. The summed E-state index contributed by atoms with van der Waals surface area (Å²) in [6.45, 7) is 0.214. The number of hydrazone groups is 1. The third-order valence-electron chi connectivity index (χ3n) is 2.99. The third-order valence-corrected chi connectivity index (χ3v) is 3.65. The molecule has 1 N–H and O–H groups in total. The van der Waals surface area contributed by atoms with E-state index in [1.54, 1.807) is 24.3 Å². The molecule has 1 amide bonds. The molecule has 3 rings (SSSR count). The molecule has 2 aromatic heterocycles. The van der Waals surface area contributed by atoms with Gasteiger partial charge in [-0.25, -0.2) is 5.43 Å². The van der Waals surface area contributed by atoms with Crippen LogP contribution < -0.4 is 10.2 Å². The molecule has 7 heteroatoms. The summed E-state index contributed by atoms with van der Waals surface area (Å²) < 4.78 is 17.0. The first-order chi connectivity index (χ1) is 11.7. The molecule has 0 saturated heterocycles. The average Bonchev–Trinajstić information content (AvgIpc) is 3.26. The molecule has 0 aliphatic heterocycles. The second-order valence-corrected chi connectivity index (χ2v) is 5.55. The van der Waals surface area contributed by atoms with Crippen molar-refractivity contribution in [3.8, 4) is 5.75 Å². The fraction of sp³-hybridized carbons (Fsp3) is 0.0588. The number of nitrogens with zero attached hydrogens (tertiary/aromatic N) is 1. The summed E-state index contributed by atoms with van der Waals surface area (Å²) in [4.78, 5) is 11.9.